The molecule has 2 rings (SSSR count). The van der Waals surface area contributed by atoms with Gasteiger partial charge in [-0.1, -0.05) is 13.8 Å². The van der Waals surface area contributed by atoms with Gasteiger partial charge in [-0.25, -0.2) is 4.98 Å². The highest BCUT2D eigenvalue weighted by Crippen LogP contribution is 2.50. The first-order valence-electron chi connectivity index (χ1n) is 7.30. The van der Waals surface area contributed by atoms with Gasteiger partial charge >= 0.3 is 0 Å². The van der Waals surface area contributed by atoms with E-state index < -0.39 is 5.60 Å². The largest absolute Gasteiger partial charge is 0.387 e. The molecule has 1 aromatic heterocycles. The van der Waals surface area contributed by atoms with Crippen LogP contribution >= 0.6 is 11.3 Å². The van der Waals surface area contributed by atoms with Gasteiger partial charge in [0.2, 0.25) is 5.91 Å². The quantitative estimate of drug-likeness (QED) is 0.838. The smallest absolute Gasteiger partial charge is 0.226 e. The first-order chi connectivity index (χ1) is 9.78. The average Bonchev–Trinajstić information content (AvgIpc) is 2.81. The van der Waals surface area contributed by atoms with Gasteiger partial charge < -0.3 is 15.2 Å². The zero-order valence-corrected chi connectivity index (χ0v) is 13.9. The summed E-state index contributed by atoms with van der Waals surface area (Å²) in [6.45, 7) is 8.72. The second-order valence-electron chi connectivity index (χ2n) is 6.21. The van der Waals surface area contributed by atoms with E-state index in [0.29, 0.717) is 13.0 Å². The van der Waals surface area contributed by atoms with Crippen molar-refractivity contribution in [2.45, 2.75) is 52.2 Å². The van der Waals surface area contributed by atoms with Crippen LogP contribution in [0.3, 0.4) is 0 Å². The molecule has 0 radical (unpaired) electrons. The van der Waals surface area contributed by atoms with E-state index in [0.717, 1.165) is 10.7 Å². The molecular weight excluding hydrogens is 288 g/mol. The molecule has 2 N–H and O–H groups in total. The number of aryl methyl sites for hydroxylation is 1. The zero-order chi connectivity index (χ0) is 15.7. The lowest BCUT2D eigenvalue weighted by Crippen LogP contribution is -2.68. The van der Waals surface area contributed by atoms with Crippen molar-refractivity contribution in [2.75, 3.05) is 13.2 Å². The van der Waals surface area contributed by atoms with Crippen molar-refractivity contribution in [1.82, 2.24) is 10.3 Å². The molecule has 21 heavy (non-hydrogen) atoms. The van der Waals surface area contributed by atoms with Gasteiger partial charge in [-0.3, -0.25) is 4.79 Å². The fourth-order valence-electron chi connectivity index (χ4n) is 2.72. The number of thiazole rings is 1. The first kappa shape index (κ1) is 16.4. The number of aromatic nitrogens is 1. The number of aliphatic hydroxyl groups is 1. The number of ether oxygens (including phenoxy) is 1. The number of nitrogens with zero attached hydrogens (tertiary/aromatic N) is 1. The zero-order valence-electron chi connectivity index (χ0n) is 13.1. The summed E-state index contributed by atoms with van der Waals surface area (Å²) >= 11 is 1.53. The van der Waals surface area contributed by atoms with Crippen LogP contribution in [0, 0.1) is 12.3 Å². The Bertz CT molecular complexity index is 515. The molecule has 6 heteroatoms. The fourth-order valence-corrected chi connectivity index (χ4v) is 3.34. The van der Waals surface area contributed by atoms with Crippen molar-refractivity contribution in [1.29, 1.82) is 0 Å². The van der Waals surface area contributed by atoms with E-state index in [-0.39, 0.29) is 30.4 Å². The van der Waals surface area contributed by atoms with Crippen LogP contribution < -0.4 is 5.32 Å². The summed E-state index contributed by atoms with van der Waals surface area (Å²) in [6, 6.07) is 0. The average molecular weight is 312 g/mol. The summed E-state index contributed by atoms with van der Waals surface area (Å²) in [7, 11) is 0. The summed E-state index contributed by atoms with van der Waals surface area (Å²) in [6.07, 6.45) is 0.866. The van der Waals surface area contributed by atoms with E-state index in [1.165, 1.54) is 11.3 Å². The number of nitrogens with one attached hydrogen (secondary N) is 1. The summed E-state index contributed by atoms with van der Waals surface area (Å²) in [4.78, 5) is 16.2. The molecule has 1 aromatic rings. The molecule has 1 aliphatic rings. The minimum Gasteiger partial charge on any atom is -0.387 e. The summed E-state index contributed by atoms with van der Waals surface area (Å²) < 4.78 is 5.61. The number of carbonyl (C=O) groups excluding carboxylic acids is 1. The highest BCUT2D eigenvalue weighted by Gasteiger charge is 2.59. The number of rotatable bonds is 6. The summed E-state index contributed by atoms with van der Waals surface area (Å²) in [5.41, 5.74) is -0.476. The minimum atomic E-state index is -0.902. The molecule has 0 saturated heterocycles. The molecule has 1 fully saturated rings. The van der Waals surface area contributed by atoms with E-state index in [1.807, 2.05) is 33.1 Å². The van der Waals surface area contributed by atoms with Crippen LogP contribution in [0.25, 0.3) is 0 Å². The highest BCUT2D eigenvalue weighted by molar-refractivity contribution is 7.09. The number of hydrogen-bond acceptors (Lipinski definition) is 5. The fraction of sp³-hybridized carbons (Fsp3) is 0.733. The summed E-state index contributed by atoms with van der Waals surface area (Å²) in [5, 5.41) is 16.3. The second kappa shape index (κ2) is 6.02. The standard InChI is InChI=1S/C15H24N2O3S/c1-5-20-12-7-15(19,14(12,3)4)9-16-13(18)6-11-8-21-10(2)17-11/h8,12,19H,5-7,9H2,1-4H3,(H,16,18)/t12-,15-/m0/s1. The molecule has 0 aliphatic heterocycles. The SMILES string of the molecule is CCO[C@H]1C[C@](O)(CNC(=O)Cc2csc(C)n2)C1(C)C. The Kier molecular flexibility index (Phi) is 4.70. The normalized spacial score (nSPS) is 27.2. The summed E-state index contributed by atoms with van der Waals surface area (Å²) in [5.74, 6) is -0.107. The molecule has 1 saturated carbocycles. The van der Waals surface area contributed by atoms with Crippen LogP contribution in [0.2, 0.25) is 0 Å². The second-order valence-corrected chi connectivity index (χ2v) is 7.27. The van der Waals surface area contributed by atoms with Gasteiger partial charge in [-0.2, -0.15) is 0 Å². The Morgan fingerprint density at radius 1 is 1.62 bits per heavy atom. The van der Waals surface area contributed by atoms with Crippen molar-refractivity contribution in [2.24, 2.45) is 5.41 Å². The first-order valence-corrected chi connectivity index (χ1v) is 8.18. The van der Waals surface area contributed by atoms with E-state index in [1.54, 1.807) is 0 Å². The lowest BCUT2D eigenvalue weighted by Gasteiger charge is -2.57. The maximum Gasteiger partial charge on any atom is 0.226 e. The molecule has 1 heterocycles. The lowest BCUT2D eigenvalue weighted by atomic mass is 9.56. The van der Waals surface area contributed by atoms with Gasteiger partial charge in [0.15, 0.2) is 0 Å². The molecule has 1 aliphatic carbocycles. The Morgan fingerprint density at radius 2 is 2.33 bits per heavy atom. The third-order valence-corrected chi connectivity index (χ3v) is 5.30. The van der Waals surface area contributed by atoms with Crippen LogP contribution in [0.4, 0.5) is 0 Å². The number of amides is 1. The van der Waals surface area contributed by atoms with Crippen LogP contribution in [-0.4, -0.2) is 40.9 Å². The predicted molar refractivity (Wildman–Crippen MR) is 82.3 cm³/mol. The molecular formula is C15H24N2O3S. The number of carbonyl (C=O) groups is 1. The molecule has 0 aromatic carbocycles. The van der Waals surface area contributed by atoms with E-state index in [9.17, 15) is 9.90 Å². The molecule has 1 amide bonds. The van der Waals surface area contributed by atoms with Gasteiger partial charge in [0.1, 0.15) is 0 Å². The van der Waals surface area contributed by atoms with Crippen LogP contribution in [-0.2, 0) is 16.0 Å². The van der Waals surface area contributed by atoms with Crippen molar-refractivity contribution in [3.8, 4) is 0 Å². The van der Waals surface area contributed by atoms with Gasteiger partial charge in [0.05, 0.1) is 28.8 Å². The van der Waals surface area contributed by atoms with Crippen LogP contribution in [0.1, 0.15) is 37.9 Å². The maximum atomic E-state index is 11.9. The highest BCUT2D eigenvalue weighted by atomic mass is 32.1. The van der Waals surface area contributed by atoms with Crippen molar-refractivity contribution in [3.63, 3.8) is 0 Å². The van der Waals surface area contributed by atoms with E-state index in [4.69, 9.17) is 4.74 Å². The van der Waals surface area contributed by atoms with Crippen molar-refractivity contribution < 1.29 is 14.6 Å². The van der Waals surface area contributed by atoms with Gasteiger partial charge in [0, 0.05) is 30.4 Å². The molecule has 118 valence electrons. The molecule has 0 spiro atoms. The Hall–Kier alpha value is -0.980. The molecule has 5 nitrogen and oxygen atoms in total. The minimum absolute atomic E-state index is 0.0468. The third kappa shape index (κ3) is 3.27. The van der Waals surface area contributed by atoms with Gasteiger partial charge in [-0.05, 0) is 13.8 Å². The molecule has 0 bridgehead atoms. The Balaban J connectivity index is 1.84. The van der Waals surface area contributed by atoms with E-state index >= 15 is 0 Å². The molecule has 0 unspecified atom stereocenters. The van der Waals surface area contributed by atoms with E-state index in [2.05, 4.69) is 10.3 Å². The van der Waals surface area contributed by atoms with Gasteiger partial charge in [-0.15, -0.1) is 11.3 Å². The Labute approximate surface area is 129 Å². The van der Waals surface area contributed by atoms with Crippen molar-refractivity contribution >= 4 is 17.2 Å². The van der Waals surface area contributed by atoms with Crippen molar-refractivity contribution in [3.05, 3.63) is 16.1 Å². The number of hydrogen-bond donors (Lipinski definition) is 2. The third-order valence-electron chi connectivity index (χ3n) is 4.48. The Morgan fingerprint density at radius 3 is 2.86 bits per heavy atom. The predicted octanol–water partition coefficient (Wildman–Crippen LogP) is 1.68. The maximum absolute atomic E-state index is 11.9. The van der Waals surface area contributed by atoms with Crippen LogP contribution in [0.15, 0.2) is 5.38 Å². The lowest BCUT2D eigenvalue weighted by molar-refractivity contribution is -0.238. The molecule has 2 atom stereocenters. The monoisotopic (exact) mass is 312 g/mol. The topological polar surface area (TPSA) is 71.5 Å². The van der Waals surface area contributed by atoms with Crippen LogP contribution in [0.5, 0.6) is 0 Å². The van der Waals surface area contributed by atoms with Gasteiger partial charge in [0.25, 0.3) is 0 Å².